The van der Waals surface area contributed by atoms with Crippen LogP contribution in [0.3, 0.4) is 0 Å². The standard InChI is InChI=1S/C13H26N2O/c1-13(2,3)7-8-14-12(16)11-5-9-15(4)10-6-11/h11H,5-10H2,1-4H3,(H,14,16). The summed E-state index contributed by atoms with van der Waals surface area (Å²) in [6.07, 6.45) is 3.07. The minimum atomic E-state index is 0.246. The maximum absolute atomic E-state index is 11.9. The molecule has 1 heterocycles. The summed E-state index contributed by atoms with van der Waals surface area (Å²) < 4.78 is 0. The Bertz CT molecular complexity index is 225. The maximum atomic E-state index is 11.9. The van der Waals surface area contributed by atoms with Gasteiger partial charge in [-0.3, -0.25) is 4.79 Å². The molecule has 0 bridgehead atoms. The summed E-state index contributed by atoms with van der Waals surface area (Å²) in [6.45, 7) is 9.53. The molecule has 0 atom stereocenters. The van der Waals surface area contributed by atoms with Crippen molar-refractivity contribution in [2.24, 2.45) is 11.3 Å². The fraction of sp³-hybridized carbons (Fsp3) is 0.923. The van der Waals surface area contributed by atoms with E-state index in [1.54, 1.807) is 0 Å². The molecule has 1 saturated heterocycles. The third kappa shape index (κ3) is 4.97. The van der Waals surface area contributed by atoms with E-state index in [0.717, 1.165) is 38.9 Å². The number of carbonyl (C=O) groups excluding carboxylic acids is 1. The maximum Gasteiger partial charge on any atom is 0.223 e. The second kappa shape index (κ2) is 5.67. The third-order valence-electron chi connectivity index (χ3n) is 3.26. The van der Waals surface area contributed by atoms with Crippen molar-refractivity contribution >= 4 is 5.91 Å². The number of carbonyl (C=O) groups is 1. The molecule has 0 radical (unpaired) electrons. The van der Waals surface area contributed by atoms with Gasteiger partial charge in [0.1, 0.15) is 0 Å². The first-order chi connectivity index (χ1) is 7.38. The Morgan fingerprint density at radius 1 is 1.31 bits per heavy atom. The average Bonchev–Trinajstić information content (AvgIpc) is 2.16. The molecule has 0 unspecified atom stereocenters. The molecule has 0 aromatic rings. The number of likely N-dealkylation sites (tertiary alicyclic amines) is 1. The summed E-state index contributed by atoms with van der Waals surface area (Å²) in [4.78, 5) is 14.2. The molecule has 0 aromatic heterocycles. The van der Waals surface area contributed by atoms with Gasteiger partial charge in [0, 0.05) is 12.5 Å². The SMILES string of the molecule is CN1CCC(C(=O)NCCC(C)(C)C)CC1. The Labute approximate surface area is 99.6 Å². The van der Waals surface area contributed by atoms with Crippen molar-refractivity contribution < 1.29 is 4.79 Å². The third-order valence-corrected chi connectivity index (χ3v) is 3.26. The molecule has 1 rings (SSSR count). The number of piperidine rings is 1. The lowest BCUT2D eigenvalue weighted by Gasteiger charge is -2.28. The molecule has 0 spiro atoms. The topological polar surface area (TPSA) is 32.3 Å². The second-order valence-electron chi connectivity index (χ2n) is 6.18. The highest BCUT2D eigenvalue weighted by atomic mass is 16.1. The number of hydrogen-bond acceptors (Lipinski definition) is 2. The molecule has 1 amide bonds. The molecule has 3 nitrogen and oxygen atoms in total. The molecule has 1 N–H and O–H groups in total. The van der Waals surface area contributed by atoms with Crippen molar-refractivity contribution in [1.82, 2.24) is 10.2 Å². The highest BCUT2D eigenvalue weighted by Gasteiger charge is 2.23. The van der Waals surface area contributed by atoms with E-state index < -0.39 is 0 Å². The van der Waals surface area contributed by atoms with E-state index >= 15 is 0 Å². The van der Waals surface area contributed by atoms with Gasteiger partial charge in [0.15, 0.2) is 0 Å². The number of rotatable bonds is 3. The van der Waals surface area contributed by atoms with Gasteiger partial charge in [-0.25, -0.2) is 0 Å². The molecule has 1 aliphatic rings. The van der Waals surface area contributed by atoms with E-state index in [9.17, 15) is 4.79 Å². The van der Waals surface area contributed by atoms with E-state index in [-0.39, 0.29) is 11.8 Å². The van der Waals surface area contributed by atoms with Crippen LogP contribution in [0.4, 0.5) is 0 Å². The molecule has 0 aliphatic carbocycles. The van der Waals surface area contributed by atoms with E-state index in [2.05, 4.69) is 38.0 Å². The van der Waals surface area contributed by atoms with Gasteiger partial charge in [0.05, 0.1) is 0 Å². The van der Waals surface area contributed by atoms with Crippen LogP contribution in [0.1, 0.15) is 40.0 Å². The normalized spacial score (nSPS) is 19.8. The first-order valence-corrected chi connectivity index (χ1v) is 6.35. The molecule has 1 aliphatic heterocycles. The van der Waals surface area contributed by atoms with Gasteiger partial charge in [-0.15, -0.1) is 0 Å². The fourth-order valence-electron chi connectivity index (χ4n) is 1.98. The number of hydrogen-bond donors (Lipinski definition) is 1. The predicted molar refractivity (Wildman–Crippen MR) is 67.3 cm³/mol. The van der Waals surface area contributed by atoms with Crippen molar-refractivity contribution in [3.05, 3.63) is 0 Å². The molecule has 0 saturated carbocycles. The lowest BCUT2D eigenvalue weighted by atomic mass is 9.92. The van der Waals surface area contributed by atoms with Gasteiger partial charge in [-0.05, 0) is 44.8 Å². The summed E-state index contributed by atoms with van der Waals surface area (Å²) in [5.41, 5.74) is 0.306. The summed E-state index contributed by atoms with van der Waals surface area (Å²) in [7, 11) is 2.12. The van der Waals surface area contributed by atoms with Crippen LogP contribution >= 0.6 is 0 Å². The van der Waals surface area contributed by atoms with Gasteiger partial charge in [0.25, 0.3) is 0 Å². The van der Waals surface area contributed by atoms with E-state index in [1.807, 2.05) is 0 Å². The number of nitrogens with zero attached hydrogens (tertiary/aromatic N) is 1. The van der Waals surface area contributed by atoms with Crippen LogP contribution < -0.4 is 5.32 Å². The van der Waals surface area contributed by atoms with Crippen molar-refractivity contribution in [2.75, 3.05) is 26.7 Å². The molecule has 0 aromatic carbocycles. The van der Waals surface area contributed by atoms with E-state index in [0.29, 0.717) is 5.41 Å². The van der Waals surface area contributed by atoms with Gasteiger partial charge >= 0.3 is 0 Å². The molecular formula is C13H26N2O. The van der Waals surface area contributed by atoms with Crippen LogP contribution in [-0.4, -0.2) is 37.5 Å². The fourth-order valence-corrected chi connectivity index (χ4v) is 1.98. The Balaban J connectivity index is 2.20. The van der Waals surface area contributed by atoms with Crippen molar-refractivity contribution in [3.8, 4) is 0 Å². The van der Waals surface area contributed by atoms with Crippen LogP contribution in [0.25, 0.3) is 0 Å². The average molecular weight is 226 g/mol. The van der Waals surface area contributed by atoms with Gasteiger partial charge in [-0.1, -0.05) is 20.8 Å². The zero-order valence-electron chi connectivity index (χ0n) is 11.2. The first kappa shape index (κ1) is 13.5. The Morgan fingerprint density at radius 3 is 2.38 bits per heavy atom. The van der Waals surface area contributed by atoms with Gasteiger partial charge < -0.3 is 10.2 Å². The van der Waals surface area contributed by atoms with Crippen LogP contribution in [0.15, 0.2) is 0 Å². The van der Waals surface area contributed by atoms with Crippen LogP contribution in [0.5, 0.6) is 0 Å². The second-order valence-corrected chi connectivity index (χ2v) is 6.18. The zero-order chi connectivity index (χ0) is 12.2. The molecule has 1 fully saturated rings. The largest absolute Gasteiger partial charge is 0.356 e. The van der Waals surface area contributed by atoms with E-state index in [4.69, 9.17) is 0 Å². The Hall–Kier alpha value is -0.570. The summed E-state index contributed by atoms with van der Waals surface area (Å²) >= 11 is 0. The molecule has 3 heteroatoms. The first-order valence-electron chi connectivity index (χ1n) is 6.35. The van der Waals surface area contributed by atoms with E-state index in [1.165, 1.54) is 0 Å². The highest BCUT2D eigenvalue weighted by Crippen LogP contribution is 2.18. The van der Waals surface area contributed by atoms with Gasteiger partial charge in [0.2, 0.25) is 5.91 Å². The Kier molecular flexibility index (Phi) is 4.78. The quantitative estimate of drug-likeness (QED) is 0.797. The number of amides is 1. The zero-order valence-corrected chi connectivity index (χ0v) is 11.2. The van der Waals surface area contributed by atoms with Crippen molar-refractivity contribution in [1.29, 1.82) is 0 Å². The minimum Gasteiger partial charge on any atom is -0.356 e. The highest BCUT2D eigenvalue weighted by molar-refractivity contribution is 5.78. The lowest BCUT2D eigenvalue weighted by Crippen LogP contribution is -2.39. The smallest absolute Gasteiger partial charge is 0.223 e. The number of nitrogens with one attached hydrogen (secondary N) is 1. The summed E-state index contributed by atoms with van der Waals surface area (Å²) in [6, 6.07) is 0. The summed E-state index contributed by atoms with van der Waals surface area (Å²) in [5.74, 6) is 0.508. The predicted octanol–water partition coefficient (Wildman–Crippen LogP) is 1.88. The lowest BCUT2D eigenvalue weighted by molar-refractivity contribution is -0.126. The molecular weight excluding hydrogens is 200 g/mol. The Morgan fingerprint density at radius 2 is 1.88 bits per heavy atom. The van der Waals surface area contributed by atoms with Gasteiger partial charge in [-0.2, -0.15) is 0 Å². The molecule has 94 valence electrons. The minimum absolute atomic E-state index is 0.246. The van der Waals surface area contributed by atoms with Crippen LogP contribution in [0, 0.1) is 11.3 Å². The van der Waals surface area contributed by atoms with Crippen molar-refractivity contribution in [2.45, 2.75) is 40.0 Å². The van der Waals surface area contributed by atoms with Crippen molar-refractivity contribution in [3.63, 3.8) is 0 Å². The van der Waals surface area contributed by atoms with Crippen LogP contribution in [0.2, 0.25) is 0 Å². The monoisotopic (exact) mass is 226 g/mol. The van der Waals surface area contributed by atoms with Crippen LogP contribution in [-0.2, 0) is 4.79 Å². The molecule has 16 heavy (non-hydrogen) atoms. The summed E-state index contributed by atoms with van der Waals surface area (Å²) in [5, 5.41) is 3.07.